The summed E-state index contributed by atoms with van der Waals surface area (Å²) in [4.78, 5) is 6.44. The fourth-order valence-electron chi connectivity index (χ4n) is 2.84. The van der Waals surface area contributed by atoms with Crippen molar-refractivity contribution in [3.63, 3.8) is 0 Å². The van der Waals surface area contributed by atoms with E-state index in [1.54, 1.807) is 28.4 Å². The Morgan fingerprint density at radius 3 is 2.41 bits per heavy atom. The van der Waals surface area contributed by atoms with Gasteiger partial charge < -0.3 is 24.4 Å². The van der Waals surface area contributed by atoms with E-state index in [2.05, 4.69) is 27.3 Å². The maximum Gasteiger partial charge on any atom is 0.193 e. The maximum absolute atomic E-state index is 5.48. The molecule has 2 aromatic carbocycles. The number of hydrogen-bond acceptors (Lipinski definition) is 4. The average molecular weight is 371 g/mol. The van der Waals surface area contributed by atoms with Crippen molar-refractivity contribution in [2.75, 3.05) is 42.0 Å². The lowest BCUT2D eigenvalue weighted by atomic mass is 10.1. The Kier molecular flexibility index (Phi) is 7.79. The van der Waals surface area contributed by atoms with Gasteiger partial charge in [-0.1, -0.05) is 12.1 Å². The minimum atomic E-state index is 0.673. The number of guanidine groups is 1. The van der Waals surface area contributed by atoms with Gasteiger partial charge in [0.05, 0.1) is 21.3 Å². The molecule has 0 radical (unpaired) electrons. The van der Waals surface area contributed by atoms with E-state index in [1.807, 2.05) is 37.4 Å². The summed E-state index contributed by atoms with van der Waals surface area (Å²) in [6.45, 7) is 1.45. The first kappa shape index (κ1) is 20.4. The predicted octanol–water partition coefficient (Wildman–Crippen LogP) is 2.96. The molecule has 0 aliphatic rings. The highest BCUT2D eigenvalue weighted by atomic mass is 16.5. The first-order valence-electron chi connectivity index (χ1n) is 8.87. The van der Waals surface area contributed by atoms with Crippen LogP contribution in [0.15, 0.2) is 47.5 Å². The standard InChI is InChI=1S/C21H29N3O3/c1-22-21(23-12-11-16-7-6-8-18(13-16)25-3)24(2)15-17-9-10-19(26-4)14-20(17)27-5/h6-10,13-14H,11-12,15H2,1-5H3,(H,22,23). The van der Waals surface area contributed by atoms with Crippen LogP contribution >= 0.6 is 0 Å². The molecule has 0 saturated heterocycles. The molecule has 0 saturated carbocycles. The number of aliphatic imine (C=N–C) groups is 1. The molecule has 0 spiro atoms. The fourth-order valence-corrected chi connectivity index (χ4v) is 2.84. The predicted molar refractivity (Wildman–Crippen MR) is 109 cm³/mol. The minimum Gasteiger partial charge on any atom is -0.497 e. The van der Waals surface area contributed by atoms with Gasteiger partial charge in [0.25, 0.3) is 0 Å². The van der Waals surface area contributed by atoms with E-state index < -0.39 is 0 Å². The Hall–Kier alpha value is -2.89. The molecule has 6 nitrogen and oxygen atoms in total. The Balaban J connectivity index is 1.94. The molecule has 6 heteroatoms. The maximum atomic E-state index is 5.48. The van der Waals surface area contributed by atoms with Crippen LogP contribution in [0.3, 0.4) is 0 Å². The molecule has 0 heterocycles. The van der Waals surface area contributed by atoms with Gasteiger partial charge in [-0.25, -0.2) is 0 Å². The van der Waals surface area contributed by atoms with Crippen LogP contribution in [0.5, 0.6) is 17.2 Å². The monoisotopic (exact) mass is 371 g/mol. The summed E-state index contributed by atoms with van der Waals surface area (Å²) >= 11 is 0. The van der Waals surface area contributed by atoms with Crippen LogP contribution in [0.4, 0.5) is 0 Å². The van der Waals surface area contributed by atoms with E-state index in [4.69, 9.17) is 14.2 Å². The van der Waals surface area contributed by atoms with Gasteiger partial charge in [-0.3, -0.25) is 4.99 Å². The van der Waals surface area contributed by atoms with Gasteiger partial charge in [-0.15, -0.1) is 0 Å². The number of nitrogens with one attached hydrogen (secondary N) is 1. The van der Waals surface area contributed by atoms with Crippen LogP contribution in [0.2, 0.25) is 0 Å². The molecular formula is C21H29N3O3. The van der Waals surface area contributed by atoms with E-state index in [1.165, 1.54) is 5.56 Å². The molecule has 0 aliphatic carbocycles. The molecule has 0 aliphatic heterocycles. The van der Waals surface area contributed by atoms with E-state index >= 15 is 0 Å². The first-order valence-corrected chi connectivity index (χ1v) is 8.87. The van der Waals surface area contributed by atoms with Crippen LogP contribution in [0.1, 0.15) is 11.1 Å². The molecule has 0 aromatic heterocycles. The van der Waals surface area contributed by atoms with Crippen molar-refractivity contribution < 1.29 is 14.2 Å². The second-order valence-electron chi connectivity index (χ2n) is 6.11. The molecular weight excluding hydrogens is 342 g/mol. The van der Waals surface area contributed by atoms with Gasteiger partial charge in [0.15, 0.2) is 5.96 Å². The third kappa shape index (κ3) is 5.81. The highest BCUT2D eigenvalue weighted by Gasteiger charge is 2.11. The fraction of sp³-hybridized carbons (Fsp3) is 0.381. The number of methoxy groups -OCH3 is 3. The van der Waals surface area contributed by atoms with E-state index in [0.717, 1.165) is 41.7 Å². The lowest BCUT2D eigenvalue weighted by molar-refractivity contribution is 0.382. The van der Waals surface area contributed by atoms with Crippen molar-refractivity contribution >= 4 is 5.96 Å². The van der Waals surface area contributed by atoms with Gasteiger partial charge >= 0.3 is 0 Å². The van der Waals surface area contributed by atoms with Crippen molar-refractivity contribution in [1.82, 2.24) is 10.2 Å². The zero-order valence-corrected chi connectivity index (χ0v) is 16.8. The summed E-state index contributed by atoms with van der Waals surface area (Å²) in [7, 11) is 8.79. The minimum absolute atomic E-state index is 0.673. The molecule has 1 N–H and O–H groups in total. The van der Waals surface area contributed by atoms with Crippen molar-refractivity contribution in [3.8, 4) is 17.2 Å². The lowest BCUT2D eigenvalue weighted by Crippen LogP contribution is -2.39. The molecule has 27 heavy (non-hydrogen) atoms. The van der Waals surface area contributed by atoms with Crippen molar-refractivity contribution in [2.45, 2.75) is 13.0 Å². The van der Waals surface area contributed by atoms with E-state index in [9.17, 15) is 0 Å². The molecule has 0 atom stereocenters. The van der Waals surface area contributed by atoms with Crippen LogP contribution in [-0.2, 0) is 13.0 Å². The van der Waals surface area contributed by atoms with Gasteiger partial charge in [0, 0.05) is 38.8 Å². The largest absolute Gasteiger partial charge is 0.497 e. The molecule has 0 unspecified atom stereocenters. The van der Waals surface area contributed by atoms with Gasteiger partial charge in [0.2, 0.25) is 0 Å². The number of nitrogens with zero attached hydrogens (tertiary/aromatic N) is 2. The number of ether oxygens (including phenoxy) is 3. The third-order valence-corrected chi connectivity index (χ3v) is 4.31. The van der Waals surface area contributed by atoms with Crippen LogP contribution in [0, 0.1) is 0 Å². The van der Waals surface area contributed by atoms with Crippen molar-refractivity contribution in [1.29, 1.82) is 0 Å². The summed E-state index contributed by atoms with van der Waals surface area (Å²) in [6.07, 6.45) is 0.885. The number of hydrogen-bond donors (Lipinski definition) is 1. The summed E-state index contributed by atoms with van der Waals surface area (Å²) < 4.78 is 16.0. The number of rotatable bonds is 8. The molecule has 0 bridgehead atoms. The highest BCUT2D eigenvalue weighted by molar-refractivity contribution is 5.79. The topological polar surface area (TPSA) is 55.3 Å². The second kappa shape index (κ2) is 10.3. The van der Waals surface area contributed by atoms with Crippen LogP contribution in [-0.4, -0.2) is 52.8 Å². The van der Waals surface area contributed by atoms with Crippen LogP contribution < -0.4 is 19.5 Å². The lowest BCUT2D eigenvalue weighted by Gasteiger charge is -2.23. The Bertz CT molecular complexity index is 762. The van der Waals surface area contributed by atoms with E-state index in [-0.39, 0.29) is 0 Å². The van der Waals surface area contributed by atoms with Crippen molar-refractivity contribution in [3.05, 3.63) is 53.6 Å². The zero-order chi connectivity index (χ0) is 19.6. The molecule has 0 fully saturated rings. The van der Waals surface area contributed by atoms with Crippen LogP contribution in [0.25, 0.3) is 0 Å². The SMILES string of the molecule is CN=C(NCCc1cccc(OC)c1)N(C)Cc1ccc(OC)cc1OC. The summed E-state index contributed by atoms with van der Waals surface area (Å²) in [5, 5.41) is 3.41. The molecule has 2 rings (SSSR count). The number of benzene rings is 2. The zero-order valence-electron chi connectivity index (χ0n) is 16.8. The van der Waals surface area contributed by atoms with Gasteiger partial charge in [-0.2, -0.15) is 0 Å². The molecule has 2 aromatic rings. The summed E-state index contributed by atoms with van der Waals surface area (Å²) in [5.74, 6) is 3.28. The summed E-state index contributed by atoms with van der Waals surface area (Å²) in [6, 6.07) is 13.9. The van der Waals surface area contributed by atoms with Gasteiger partial charge in [0.1, 0.15) is 17.2 Å². The third-order valence-electron chi connectivity index (χ3n) is 4.31. The Morgan fingerprint density at radius 2 is 1.74 bits per heavy atom. The summed E-state index contributed by atoms with van der Waals surface area (Å²) in [5.41, 5.74) is 2.29. The quantitative estimate of drug-likeness (QED) is 0.571. The average Bonchev–Trinajstić information content (AvgIpc) is 2.71. The van der Waals surface area contributed by atoms with Crippen molar-refractivity contribution in [2.24, 2.45) is 4.99 Å². The molecule has 146 valence electrons. The molecule has 0 amide bonds. The second-order valence-corrected chi connectivity index (χ2v) is 6.11. The first-order chi connectivity index (χ1) is 13.1. The Morgan fingerprint density at radius 1 is 1.00 bits per heavy atom. The smallest absolute Gasteiger partial charge is 0.193 e. The Labute approximate surface area is 161 Å². The van der Waals surface area contributed by atoms with E-state index in [0.29, 0.717) is 6.54 Å². The normalized spacial score (nSPS) is 11.1. The highest BCUT2D eigenvalue weighted by Crippen LogP contribution is 2.25. The van der Waals surface area contributed by atoms with Gasteiger partial charge in [-0.05, 0) is 36.2 Å².